The lowest BCUT2D eigenvalue weighted by Gasteiger charge is -2.13. The fourth-order valence-corrected chi connectivity index (χ4v) is 2.98. The van der Waals surface area contributed by atoms with Crippen LogP contribution in [0.25, 0.3) is 0 Å². The van der Waals surface area contributed by atoms with E-state index in [1.165, 1.54) is 0 Å². The zero-order valence-electron chi connectivity index (χ0n) is 10.4. The number of aliphatic hydroxyl groups is 1. The molecule has 7 heteroatoms. The Morgan fingerprint density at radius 2 is 2.26 bits per heavy atom. The predicted molar refractivity (Wildman–Crippen MR) is 68.0 cm³/mol. The minimum Gasteiger partial charge on any atom is -0.396 e. The quantitative estimate of drug-likeness (QED) is 0.867. The van der Waals surface area contributed by atoms with Crippen LogP contribution < -0.4 is 0 Å². The lowest BCUT2D eigenvalue weighted by Crippen LogP contribution is -2.17. The monoisotopic (exact) mass is 292 g/mol. The van der Waals surface area contributed by atoms with E-state index in [1.807, 2.05) is 13.0 Å². The highest BCUT2D eigenvalue weighted by Crippen LogP contribution is 2.32. The largest absolute Gasteiger partial charge is 0.433 e. The lowest BCUT2D eigenvalue weighted by atomic mass is 10.2. The molecule has 3 nitrogen and oxygen atoms in total. The normalized spacial score (nSPS) is 19.8. The van der Waals surface area contributed by atoms with Crippen LogP contribution in [0.3, 0.4) is 0 Å². The van der Waals surface area contributed by atoms with Gasteiger partial charge in [0, 0.05) is 24.0 Å². The van der Waals surface area contributed by atoms with Gasteiger partial charge in [0.05, 0.1) is 12.2 Å². The number of alkyl halides is 3. The molecule has 0 bridgehead atoms. The van der Waals surface area contributed by atoms with Crippen molar-refractivity contribution in [2.24, 2.45) is 0 Å². The summed E-state index contributed by atoms with van der Waals surface area (Å²) in [6, 6.07) is 1.02. The number of aromatic nitrogens is 2. The minimum atomic E-state index is -4.42. The van der Waals surface area contributed by atoms with Crippen LogP contribution in [0.4, 0.5) is 13.2 Å². The second-order valence-electron chi connectivity index (χ2n) is 4.40. The maximum absolute atomic E-state index is 12.9. The average Bonchev–Trinajstić information content (AvgIpc) is 2.87. The maximum Gasteiger partial charge on any atom is 0.433 e. The second-order valence-corrected chi connectivity index (χ2v) is 5.78. The van der Waals surface area contributed by atoms with Crippen LogP contribution in [0.5, 0.6) is 0 Å². The molecule has 0 saturated carbocycles. The van der Waals surface area contributed by atoms with Crippen molar-refractivity contribution in [1.82, 2.24) is 9.78 Å². The van der Waals surface area contributed by atoms with Crippen molar-refractivity contribution in [3.8, 4) is 0 Å². The van der Waals surface area contributed by atoms with E-state index in [0.29, 0.717) is 0 Å². The third-order valence-electron chi connectivity index (χ3n) is 3.04. The van der Waals surface area contributed by atoms with Gasteiger partial charge in [-0.3, -0.25) is 4.68 Å². The number of nitrogens with zero attached hydrogens (tertiary/aromatic N) is 2. The first-order valence-electron chi connectivity index (χ1n) is 5.97. The van der Waals surface area contributed by atoms with Crippen molar-refractivity contribution >= 4 is 11.8 Å². The first-order valence-corrected chi connectivity index (χ1v) is 7.02. The summed E-state index contributed by atoms with van der Waals surface area (Å²) in [6.45, 7) is 1.94. The molecule has 1 aromatic heterocycles. The first kappa shape index (κ1) is 14.5. The Kier molecular flexibility index (Phi) is 4.25. The van der Waals surface area contributed by atoms with Gasteiger partial charge in [-0.25, -0.2) is 0 Å². The van der Waals surface area contributed by atoms with E-state index in [0.717, 1.165) is 22.1 Å². The topological polar surface area (TPSA) is 38.0 Å². The van der Waals surface area contributed by atoms with E-state index in [1.54, 1.807) is 11.8 Å². The summed E-state index contributed by atoms with van der Waals surface area (Å²) in [5.74, 6) is 0.836. The maximum atomic E-state index is 12.9. The van der Waals surface area contributed by atoms with Gasteiger partial charge in [0.15, 0.2) is 0 Å². The van der Waals surface area contributed by atoms with Gasteiger partial charge in [0.1, 0.15) is 5.69 Å². The predicted octanol–water partition coefficient (Wildman–Crippen LogP) is 2.50. The van der Waals surface area contributed by atoms with E-state index in [2.05, 4.69) is 5.10 Å². The molecule has 2 rings (SSSR count). The zero-order valence-corrected chi connectivity index (χ0v) is 11.3. The van der Waals surface area contributed by atoms with Crippen LogP contribution >= 0.6 is 11.8 Å². The summed E-state index contributed by atoms with van der Waals surface area (Å²) in [5.41, 5.74) is 0.490. The smallest absolute Gasteiger partial charge is 0.396 e. The Hall–Kier alpha value is -0.950. The molecule has 0 amide bonds. The molecule has 1 aliphatic heterocycles. The third kappa shape index (κ3) is 3.33. The van der Waals surface area contributed by atoms with Gasteiger partial charge in [-0.15, -0.1) is 0 Å². The highest BCUT2D eigenvalue weighted by Gasteiger charge is 2.36. The van der Waals surface area contributed by atoms with Gasteiger partial charge in [0.25, 0.3) is 0 Å². The van der Waals surface area contributed by atoms with E-state index in [-0.39, 0.29) is 30.5 Å². The van der Waals surface area contributed by atoms with Gasteiger partial charge < -0.3 is 5.11 Å². The van der Waals surface area contributed by atoms with Crippen LogP contribution in [-0.4, -0.2) is 32.5 Å². The first-order chi connectivity index (χ1) is 8.91. The summed E-state index contributed by atoms with van der Waals surface area (Å²) >= 11 is 1.70. The summed E-state index contributed by atoms with van der Waals surface area (Å²) in [4.78, 5) is 0. The van der Waals surface area contributed by atoms with Crippen molar-refractivity contribution in [3.63, 3.8) is 0 Å². The number of hydrogen-bond donors (Lipinski definition) is 1. The molecule has 1 atom stereocenters. The molecule has 0 saturated heterocycles. The number of aliphatic hydroxyl groups excluding tert-OH is 1. The summed E-state index contributed by atoms with van der Waals surface area (Å²) in [7, 11) is 0. The Bertz CT molecular complexity index is 482. The van der Waals surface area contributed by atoms with Crippen molar-refractivity contribution in [2.45, 2.75) is 31.3 Å². The molecule has 106 valence electrons. The van der Waals surface area contributed by atoms with Crippen LogP contribution in [0, 0.1) is 0 Å². The highest BCUT2D eigenvalue weighted by atomic mass is 32.2. The standard InChI is InChI=1S/C12H15F3N2OS/c1-8-9(3-5-19-8)7-17-11(12(13,14)15)6-10(16-17)2-4-18/h3,6,8,18H,2,4-5,7H2,1H3. The number of rotatable bonds is 4. The van der Waals surface area contributed by atoms with Crippen molar-refractivity contribution in [1.29, 1.82) is 0 Å². The molecule has 0 aliphatic carbocycles. The Morgan fingerprint density at radius 1 is 1.53 bits per heavy atom. The van der Waals surface area contributed by atoms with E-state index in [9.17, 15) is 13.2 Å². The Balaban J connectivity index is 2.27. The molecule has 19 heavy (non-hydrogen) atoms. The molecule has 1 unspecified atom stereocenters. The molecule has 0 spiro atoms. The molecule has 2 heterocycles. The van der Waals surface area contributed by atoms with Gasteiger partial charge in [-0.2, -0.15) is 30.0 Å². The average molecular weight is 292 g/mol. The lowest BCUT2D eigenvalue weighted by molar-refractivity contribution is -0.144. The van der Waals surface area contributed by atoms with E-state index >= 15 is 0 Å². The number of hydrogen-bond acceptors (Lipinski definition) is 3. The summed E-state index contributed by atoms with van der Waals surface area (Å²) < 4.78 is 39.8. The molecular weight excluding hydrogens is 277 g/mol. The van der Waals surface area contributed by atoms with Crippen molar-refractivity contribution in [2.75, 3.05) is 12.4 Å². The molecular formula is C12H15F3N2OS. The van der Waals surface area contributed by atoms with Gasteiger partial charge in [-0.05, 0) is 18.6 Å². The van der Waals surface area contributed by atoms with Crippen LogP contribution in [0.1, 0.15) is 18.3 Å². The van der Waals surface area contributed by atoms with Gasteiger partial charge in [0.2, 0.25) is 0 Å². The molecule has 1 aliphatic rings. The van der Waals surface area contributed by atoms with Crippen LogP contribution in [-0.2, 0) is 19.1 Å². The molecule has 1 aromatic rings. The van der Waals surface area contributed by atoms with Crippen LogP contribution in [0.15, 0.2) is 17.7 Å². The van der Waals surface area contributed by atoms with Gasteiger partial charge in [-0.1, -0.05) is 6.08 Å². The fourth-order valence-electron chi connectivity index (χ4n) is 1.99. The van der Waals surface area contributed by atoms with Crippen molar-refractivity contribution in [3.05, 3.63) is 29.1 Å². The molecule has 0 fully saturated rings. The number of thioether (sulfide) groups is 1. The van der Waals surface area contributed by atoms with Crippen molar-refractivity contribution < 1.29 is 18.3 Å². The van der Waals surface area contributed by atoms with E-state index < -0.39 is 11.9 Å². The van der Waals surface area contributed by atoms with Crippen LogP contribution in [0.2, 0.25) is 0 Å². The SMILES string of the molecule is CC1SCC=C1Cn1nc(CCO)cc1C(F)(F)F. The summed E-state index contributed by atoms with van der Waals surface area (Å²) in [5, 5.41) is 13.0. The second kappa shape index (κ2) is 5.58. The Morgan fingerprint density at radius 3 is 2.79 bits per heavy atom. The minimum absolute atomic E-state index is 0.138. The molecule has 0 radical (unpaired) electrons. The van der Waals surface area contributed by atoms with Gasteiger partial charge >= 0.3 is 6.18 Å². The van der Waals surface area contributed by atoms with E-state index in [4.69, 9.17) is 5.11 Å². The molecule has 0 aromatic carbocycles. The number of halogens is 3. The highest BCUT2D eigenvalue weighted by molar-refractivity contribution is 8.00. The molecule has 1 N–H and O–H groups in total. The third-order valence-corrected chi connectivity index (χ3v) is 4.20. The fraction of sp³-hybridized carbons (Fsp3) is 0.583. The zero-order chi connectivity index (χ0) is 14.0. The summed E-state index contributed by atoms with van der Waals surface area (Å²) in [6.07, 6.45) is -2.32. The Labute approximate surface area is 113 Å².